The topological polar surface area (TPSA) is 20.3 Å². The Morgan fingerprint density at radius 3 is 2.75 bits per heavy atom. The minimum atomic E-state index is 0.00347. The van der Waals surface area contributed by atoms with Crippen LogP contribution < -0.4 is 0 Å². The van der Waals surface area contributed by atoms with E-state index in [-0.39, 0.29) is 5.41 Å². The number of amides is 1. The maximum atomic E-state index is 11.8. The molecule has 1 saturated heterocycles. The number of likely N-dealkylation sites (tertiary alicyclic amines) is 1. The zero-order chi connectivity index (χ0) is 8.60. The highest BCUT2D eigenvalue weighted by Gasteiger charge is 2.44. The molecule has 1 atom stereocenters. The number of rotatable bonds is 0. The molecule has 0 bridgehead atoms. The van der Waals surface area contributed by atoms with E-state index in [0.29, 0.717) is 5.91 Å². The largest absolute Gasteiger partial charge is 0.345 e. The molecule has 0 N–H and O–H groups in total. The summed E-state index contributed by atoms with van der Waals surface area (Å²) in [5.74, 6) is 0.367. The summed E-state index contributed by atoms with van der Waals surface area (Å²) in [6.45, 7) is 0.951. The first-order chi connectivity index (χ1) is 5.75. The normalized spacial score (nSPS) is 35.1. The van der Waals surface area contributed by atoms with Gasteiger partial charge in [0.15, 0.2) is 0 Å². The molecule has 2 rings (SSSR count). The third-order valence-electron chi connectivity index (χ3n) is 3.19. The van der Waals surface area contributed by atoms with Gasteiger partial charge in [-0.2, -0.15) is 0 Å². The van der Waals surface area contributed by atoms with Gasteiger partial charge in [0.2, 0.25) is 5.91 Å². The fourth-order valence-electron chi connectivity index (χ4n) is 2.30. The molecule has 0 aromatic rings. The highest BCUT2D eigenvalue weighted by atomic mass is 16.2. The molecule has 0 saturated carbocycles. The Morgan fingerprint density at radius 1 is 1.42 bits per heavy atom. The third kappa shape index (κ3) is 0.977. The van der Waals surface area contributed by atoms with Gasteiger partial charge in [0.05, 0.1) is 5.41 Å². The van der Waals surface area contributed by atoms with Crippen molar-refractivity contribution in [3.05, 3.63) is 12.2 Å². The van der Waals surface area contributed by atoms with E-state index in [0.717, 1.165) is 32.2 Å². The molecule has 66 valence electrons. The van der Waals surface area contributed by atoms with E-state index in [1.165, 1.54) is 0 Å². The molecule has 1 spiro atoms. The highest BCUT2D eigenvalue weighted by Crippen LogP contribution is 2.41. The summed E-state index contributed by atoms with van der Waals surface area (Å²) in [5, 5.41) is 0. The number of carbonyl (C=O) groups is 1. The second kappa shape index (κ2) is 2.61. The highest BCUT2D eigenvalue weighted by molar-refractivity contribution is 5.84. The number of nitrogens with zero attached hydrogens (tertiary/aromatic N) is 1. The van der Waals surface area contributed by atoms with Crippen LogP contribution in [0.1, 0.15) is 25.7 Å². The average Bonchev–Trinajstić information content (AvgIpc) is 2.37. The Balaban J connectivity index is 2.21. The maximum absolute atomic E-state index is 11.8. The quantitative estimate of drug-likeness (QED) is 0.499. The van der Waals surface area contributed by atoms with Crippen LogP contribution in [0.5, 0.6) is 0 Å². The van der Waals surface area contributed by atoms with E-state index in [4.69, 9.17) is 0 Å². The molecule has 1 aliphatic carbocycles. The summed E-state index contributed by atoms with van der Waals surface area (Å²) in [6.07, 6.45) is 8.53. The zero-order valence-corrected chi connectivity index (χ0v) is 7.55. The maximum Gasteiger partial charge on any atom is 0.228 e. The summed E-state index contributed by atoms with van der Waals surface area (Å²) >= 11 is 0. The van der Waals surface area contributed by atoms with E-state index in [1.54, 1.807) is 0 Å². The van der Waals surface area contributed by atoms with Crippen LogP contribution in [0.4, 0.5) is 0 Å². The number of allylic oxidation sites excluding steroid dienone is 2. The van der Waals surface area contributed by atoms with Crippen LogP contribution in [0.3, 0.4) is 0 Å². The van der Waals surface area contributed by atoms with Gasteiger partial charge in [-0.1, -0.05) is 12.2 Å². The van der Waals surface area contributed by atoms with Crippen molar-refractivity contribution in [2.45, 2.75) is 25.7 Å². The molecular formula is C10H15NO. The van der Waals surface area contributed by atoms with Gasteiger partial charge in [-0.05, 0) is 25.7 Å². The molecule has 1 aliphatic heterocycles. The summed E-state index contributed by atoms with van der Waals surface area (Å²) in [5.41, 5.74) is 0.00347. The Labute approximate surface area is 73.2 Å². The Hall–Kier alpha value is -0.790. The standard InChI is InChI=1S/C10H15NO/c1-11-8-7-10(9(11)12)5-3-2-4-6-10/h2-3H,4-8H2,1H3. The molecule has 0 radical (unpaired) electrons. The minimum Gasteiger partial charge on any atom is -0.345 e. The molecule has 2 heteroatoms. The monoisotopic (exact) mass is 165 g/mol. The first-order valence-electron chi connectivity index (χ1n) is 4.65. The van der Waals surface area contributed by atoms with Gasteiger partial charge >= 0.3 is 0 Å². The summed E-state index contributed by atoms with van der Waals surface area (Å²) in [7, 11) is 1.91. The minimum absolute atomic E-state index is 0.00347. The summed E-state index contributed by atoms with van der Waals surface area (Å²) in [6, 6.07) is 0. The molecule has 12 heavy (non-hydrogen) atoms. The van der Waals surface area contributed by atoms with Gasteiger partial charge in [0, 0.05) is 13.6 Å². The van der Waals surface area contributed by atoms with E-state index < -0.39 is 0 Å². The van der Waals surface area contributed by atoms with Crippen molar-refractivity contribution in [3.63, 3.8) is 0 Å². The van der Waals surface area contributed by atoms with Crippen molar-refractivity contribution in [1.29, 1.82) is 0 Å². The van der Waals surface area contributed by atoms with Gasteiger partial charge in [0.25, 0.3) is 0 Å². The van der Waals surface area contributed by atoms with Crippen molar-refractivity contribution >= 4 is 5.91 Å². The lowest BCUT2D eigenvalue weighted by atomic mass is 9.76. The lowest BCUT2D eigenvalue weighted by Crippen LogP contribution is -2.32. The predicted molar refractivity (Wildman–Crippen MR) is 47.7 cm³/mol. The van der Waals surface area contributed by atoms with E-state index in [2.05, 4.69) is 12.2 Å². The third-order valence-corrected chi connectivity index (χ3v) is 3.19. The van der Waals surface area contributed by atoms with Crippen LogP contribution >= 0.6 is 0 Å². The number of carbonyl (C=O) groups excluding carboxylic acids is 1. The number of hydrogen-bond acceptors (Lipinski definition) is 1. The van der Waals surface area contributed by atoms with E-state index >= 15 is 0 Å². The Kier molecular flexibility index (Phi) is 1.71. The average molecular weight is 165 g/mol. The first kappa shape index (κ1) is 7.84. The van der Waals surface area contributed by atoms with Gasteiger partial charge in [-0.15, -0.1) is 0 Å². The van der Waals surface area contributed by atoms with Crippen molar-refractivity contribution in [1.82, 2.24) is 4.90 Å². The second-order valence-corrected chi connectivity index (χ2v) is 3.97. The molecule has 1 unspecified atom stereocenters. The summed E-state index contributed by atoms with van der Waals surface area (Å²) in [4.78, 5) is 13.6. The van der Waals surface area contributed by atoms with Crippen LogP contribution in [-0.2, 0) is 4.79 Å². The van der Waals surface area contributed by atoms with Crippen molar-refractivity contribution < 1.29 is 4.79 Å². The molecule has 0 aromatic carbocycles. The van der Waals surface area contributed by atoms with Crippen LogP contribution in [0.25, 0.3) is 0 Å². The van der Waals surface area contributed by atoms with Gasteiger partial charge in [-0.25, -0.2) is 0 Å². The summed E-state index contributed by atoms with van der Waals surface area (Å²) < 4.78 is 0. The SMILES string of the molecule is CN1CCC2(CC=CCC2)C1=O. The lowest BCUT2D eigenvalue weighted by molar-refractivity contribution is -0.135. The number of hydrogen-bond donors (Lipinski definition) is 0. The zero-order valence-electron chi connectivity index (χ0n) is 7.55. The fraction of sp³-hybridized carbons (Fsp3) is 0.700. The van der Waals surface area contributed by atoms with Crippen LogP contribution in [0, 0.1) is 5.41 Å². The van der Waals surface area contributed by atoms with Gasteiger partial charge < -0.3 is 4.90 Å². The molecule has 0 aromatic heterocycles. The molecule has 2 aliphatic rings. The van der Waals surface area contributed by atoms with Gasteiger partial charge in [0.1, 0.15) is 0 Å². The fourth-order valence-corrected chi connectivity index (χ4v) is 2.30. The molecular weight excluding hydrogens is 150 g/mol. The van der Waals surface area contributed by atoms with Gasteiger partial charge in [-0.3, -0.25) is 4.79 Å². The second-order valence-electron chi connectivity index (χ2n) is 3.97. The van der Waals surface area contributed by atoms with Crippen molar-refractivity contribution in [3.8, 4) is 0 Å². The van der Waals surface area contributed by atoms with Crippen LogP contribution in [-0.4, -0.2) is 24.4 Å². The van der Waals surface area contributed by atoms with Crippen LogP contribution in [0.15, 0.2) is 12.2 Å². The molecule has 2 nitrogen and oxygen atoms in total. The Morgan fingerprint density at radius 2 is 2.25 bits per heavy atom. The molecule has 1 amide bonds. The molecule has 1 heterocycles. The van der Waals surface area contributed by atoms with E-state index in [1.807, 2.05) is 11.9 Å². The van der Waals surface area contributed by atoms with Crippen molar-refractivity contribution in [2.75, 3.05) is 13.6 Å². The predicted octanol–water partition coefficient (Wildman–Crippen LogP) is 1.57. The smallest absolute Gasteiger partial charge is 0.228 e. The molecule has 1 fully saturated rings. The van der Waals surface area contributed by atoms with E-state index in [9.17, 15) is 4.79 Å². The first-order valence-corrected chi connectivity index (χ1v) is 4.65. The van der Waals surface area contributed by atoms with Crippen LogP contribution in [0.2, 0.25) is 0 Å². The lowest BCUT2D eigenvalue weighted by Gasteiger charge is -2.27. The Bertz CT molecular complexity index is 234. The van der Waals surface area contributed by atoms with Crippen molar-refractivity contribution in [2.24, 2.45) is 5.41 Å².